The Kier molecular flexibility index (Phi) is 2.87. The van der Waals surface area contributed by atoms with Crippen LogP contribution in [0.4, 0.5) is 4.79 Å². The molecule has 0 saturated carbocycles. The van der Waals surface area contributed by atoms with Crippen molar-refractivity contribution < 1.29 is 4.79 Å². The molecular formula is C12H20N4O. The van der Waals surface area contributed by atoms with E-state index < -0.39 is 0 Å². The van der Waals surface area contributed by atoms with Crippen molar-refractivity contribution in [3.05, 3.63) is 24.0 Å². The summed E-state index contributed by atoms with van der Waals surface area (Å²) in [5, 5.41) is 0. The van der Waals surface area contributed by atoms with Gasteiger partial charge in [0.15, 0.2) is 0 Å². The average molecular weight is 236 g/mol. The first-order chi connectivity index (χ1) is 7.97. The largest absolute Gasteiger partial charge is 0.367 e. The quantitative estimate of drug-likeness (QED) is 0.827. The maximum atomic E-state index is 12.2. The smallest absolute Gasteiger partial charge is 0.320 e. The van der Waals surface area contributed by atoms with Crippen LogP contribution in [0.15, 0.2) is 18.5 Å². The minimum absolute atomic E-state index is 0.0478. The molecule has 2 amide bonds. The second-order valence-electron chi connectivity index (χ2n) is 5.18. The van der Waals surface area contributed by atoms with Gasteiger partial charge in [0.05, 0.1) is 11.6 Å². The molecule has 1 aromatic heterocycles. The number of H-pyrrole nitrogens is 1. The molecular weight excluding hydrogens is 216 g/mol. The van der Waals surface area contributed by atoms with Gasteiger partial charge in [0.1, 0.15) is 0 Å². The Bertz CT molecular complexity index is 399. The Morgan fingerprint density at radius 1 is 1.59 bits per heavy atom. The summed E-state index contributed by atoms with van der Waals surface area (Å²) >= 11 is 0. The Hall–Kier alpha value is -1.49. The second-order valence-corrected chi connectivity index (χ2v) is 5.18. The van der Waals surface area contributed by atoms with Crippen LogP contribution in [0, 0.1) is 0 Å². The van der Waals surface area contributed by atoms with Crippen LogP contribution in [0.1, 0.15) is 25.5 Å². The number of rotatable bonds is 3. The molecule has 0 radical (unpaired) electrons. The third-order valence-electron chi connectivity index (χ3n) is 3.59. The predicted octanol–water partition coefficient (Wildman–Crippen LogP) is 1.16. The van der Waals surface area contributed by atoms with Crippen LogP contribution in [0.25, 0.3) is 0 Å². The van der Waals surface area contributed by atoms with Crippen LogP contribution < -0.4 is 5.73 Å². The van der Waals surface area contributed by atoms with Crippen LogP contribution in [0.5, 0.6) is 0 Å². The molecule has 1 fully saturated rings. The third-order valence-corrected chi connectivity index (χ3v) is 3.59. The number of hydrogen-bond donors (Lipinski definition) is 2. The topological polar surface area (TPSA) is 65.4 Å². The Morgan fingerprint density at radius 2 is 2.29 bits per heavy atom. The van der Waals surface area contributed by atoms with E-state index in [1.807, 2.05) is 44.3 Å². The lowest BCUT2D eigenvalue weighted by Gasteiger charge is -2.33. The van der Waals surface area contributed by atoms with Gasteiger partial charge in [0, 0.05) is 32.5 Å². The Labute approximate surface area is 102 Å². The van der Waals surface area contributed by atoms with Crippen molar-refractivity contribution in [2.24, 2.45) is 5.73 Å². The molecule has 0 aliphatic carbocycles. The number of urea groups is 1. The van der Waals surface area contributed by atoms with Crippen molar-refractivity contribution in [3.63, 3.8) is 0 Å². The standard InChI is InChI=1S/C12H20N4O/c1-12(2,8-13)16-7-10(15(3)11(16)17)9-4-5-14-6-9/h4-6,10,14H,7-8,13H2,1-3H3. The summed E-state index contributed by atoms with van der Waals surface area (Å²) in [5.74, 6) is 0. The van der Waals surface area contributed by atoms with E-state index in [1.165, 1.54) is 0 Å². The van der Waals surface area contributed by atoms with Gasteiger partial charge < -0.3 is 20.5 Å². The molecule has 94 valence electrons. The first-order valence-corrected chi connectivity index (χ1v) is 5.84. The lowest BCUT2D eigenvalue weighted by molar-refractivity contribution is 0.154. The van der Waals surface area contributed by atoms with E-state index in [-0.39, 0.29) is 17.6 Å². The van der Waals surface area contributed by atoms with Crippen molar-refractivity contribution in [3.8, 4) is 0 Å². The van der Waals surface area contributed by atoms with Gasteiger partial charge in [0.25, 0.3) is 0 Å². The molecule has 1 aliphatic rings. The van der Waals surface area contributed by atoms with Gasteiger partial charge in [0.2, 0.25) is 0 Å². The van der Waals surface area contributed by atoms with E-state index >= 15 is 0 Å². The fraction of sp³-hybridized carbons (Fsp3) is 0.583. The van der Waals surface area contributed by atoms with Gasteiger partial charge in [-0.3, -0.25) is 0 Å². The number of aromatic amines is 1. The molecule has 2 rings (SSSR count). The fourth-order valence-corrected chi connectivity index (χ4v) is 2.19. The summed E-state index contributed by atoms with van der Waals surface area (Å²) in [5.41, 5.74) is 6.58. The number of carbonyl (C=O) groups excluding carboxylic acids is 1. The molecule has 17 heavy (non-hydrogen) atoms. The maximum Gasteiger partial charge on any atom is 0.320 e. The Balaban J connectivity index is 2.23. The molecule has 0 bridgehead atoms. The molecule has 1 atom stereocenters. The fourth-order valence-electron chi connectivity index (χ4n) is 2.19. The number of amides is 2. The van der Waals surface area contributed by atoms with Crippen molar-refractivity contribution in [2.45, 2.75) is 25.4 Å². The van der Waals surface area contributed by atoms with Gasteiger partial charge >= 0.3 is 6.03 Å². The number of carbonyl (C=O) groups is 1. The zero-order valence-electron chi connectivity index (χ0n) is 10.6. The predicted molar refractivity (Wildman–Crippen MR) is 66.5 cm³/mol. The highest BCUT2D eigenvalue weighted by atomic mass is 16.2. The summed E-state index contributed by atoms with van der Waals surface area (Å²) in [7, 11) is 1.84. The maximum absolute atomic E-state index is 12.2. The number of hydrogen-bond acceptors (Lipinski definition) is 2. The lowest BCUT2D eigenvalue weighted by Crippen LogP contribution is -2.50. The van der Waals surface area contributed by atoms with Crippen LogP contribution in [-0.4, -0.2) is 46.5 Å². The number of aromatic nitrogens is 1. The summed E-state index contributed by atoms with van der Waals surface area (Å²) in [6.07, 6.45) is 3.82. The van der Waals surface area contributed by atoms with E-state index in [1.54, 1.807) is 4.90 Å². The SMILES string of the molecule is CN1C(=O)N(C(C)(C)CN)CC1c1cc[nH]c1. The van der Waals surface area contributed by atoms with Crippen LogP contribution in [-0.2, 0) is 0 Å². The van der Waals surface area contributed by atoms with Crippen LogP contribution >= 0.6 is 0 Å². The first kappa shape index (κ1) is 12.0. The minimum Gasteiger partial charge on any atom is -0.367 e. The second kappa shape index (κ2) is 4.07. The summed E-state index contributed by atoms with van der Waals surface area (Å²) in [6.45, 7) is 5.15. The third kappa shape index (κ3) is 1.91. The summed E-state index contributed by atoms with van der Waals surface area (Å²) < 4.78 is 0. The molecule has 0 aromatic carbocycles. The number of likely N-dealkylation sites (N-methyl/N-ethyl adjacent to an activating group) is 1. The molecule has 3 N–H and O–H groups in total. The zero-order chi connectivity index (χ0) is 12.6. The van der Waals surface area contributed by atoms with Crippen molar-refractivity contribution >= 4 is 6.03 Å². The van der Waals surface area contributed by atoms with Crippen molar-refractivity contribution in [1.29, 1.82) is 0 Å². The minimum atomic E-state index is -0.295. The van der Waals surface area contributed by atoms with Gasteiger partial charge in [-0.1, -0.05) is 0 Å². The van der Waals surface area contributed by atoms with Crippen molar-refractivity contribution in [2.75, 3.05) is 20.1 Å². The summed E-state index contributed by atoms with van der Waals surface area (Å²) in [6, 6.07) is 2.17. The number of nitrogens with zero attached hydrogens (tertiary/aromatic N) is 2. The molecule has 5 heteroatoms. The molecule has 1 aromatic rings. The van der Waals surface area contributed by atoms with Crippen LogP contribution in [0.3, 0.4) is 0 Å². The van der Waals surface area contributed by atoms with Gasteiger partial charge in [-0.15, -0.1) is 0 Å². The monoisotopic (exact) mass is 236 g/mol. The van der Waals surface area contributed by atoms with E-state index in [2.05, 4.69) is 4.98 Å². The molecule has 1 unspecified atom stereocenters. The number of nitrogens with two attached hydrogens (primary N) is 1. The molecule has 5 nitrogen and oxygen atoms in total. The van der Waals surface area contributed by atoms with Gasteiger partial charge in [-0.25, -0.2) is 4.79 Å². The van der Waals surface area contributed by atoms with Crippen molar-refractivity contribution in [1.82, 2.24) is 14.8 Å². The lowest BCUT2D eigenvalue weighted by atomic mass is 10.0. The number of nitrogens with one attached hydrogen (secondary N) is 1. The highest BCUT2D eigenvalue weighted by Crippen LogP contribution is 2.31. The summed E-state index contributed by atoms with van der Waals surface area (Å²) in [4.78, 5) is 18.9. The van der Waals surface area contributed by atoms with Crippen LogP contribution in [0.2, 0.25) is 0 Å². The van der Waals surface area contributed by atoms with E-state index in [9.17, 15) is 4.79 Å². The normalized spacial score (nSPS) is 21.4. The van der Waals surface area contributed by atoms with Gasteiger partial charge in [-0.2, -0.15) is 0 Å². The molecule has 1 saturated heterocycles. The highest BCUT2D eigenvalue weighted by Gasteiger charge is 2.42. The van der Waals surface area contributed by atoms with E-state index in [0.717, 1.165) is 5.56 Å². The van der Waals surface area contributed by atoms with E-state index in [4.69, 9.17) is 5.73 Å². The van der Waals surface area contributed by atoms with E-state index in [0.29, 0.717) is 13.1 Å². The molecule has 0 spiro atoms. The van der Waals surface area contributed by atoms with Gasteiger partial charge in [-0.05, 0) is 25.5 Å². The zero-order valence-corrected chi connectivity index (χ0v) is 10.6. The first-order valence-electron chi connectivity index (χ1n) is 5.84. The highest BCUT2D eigenvalue weighted by molar-refractivity contribution is 5.78. The average Bonchev–Trinajstić information content (AvgIpc) is 2.89. The molecule has 1 aliphatic heterocycles. The molecule has 2 heterocycles. The Morgan fingerprint density at radius 3 is 2.82 bits per heavy atom.